The van der Waals surface area contributed by atoms with E-state index in [1.165, 1.54) is 17.5 Å². The molecule has 1 fully saturated rings. The highest BCUT2D eigenvalue weighted by Crippen LogP contribution is 2.57. The fourth-order valence-corrected chi connectivity index (χ4v) is 6.09. The number of imidazole rings is 1. The van der Waals surface area contributed by atoms with E-state index in [1.807, 2.05) is 26.0 Å². The number of aryl methyl sites for hydroxylation is 1. The van der Waals surface area contributed by atoms with Crippen LogP contribution in [0.3, 0.4) is 0 Å². The van der Waals surface area contributed by atoms with Crippen molar-refractivity contribution in [2.45, 2.75) is 69.8 Å². The third-order valence-electron chi connectivity index (χ3n) is 7.93. The first-order valence-electron chi connectivity index (χ1n) is 12.9. The molecule has 3 atom stereocenters. The molecule has 180 valence electrons. The summed E-state index contributed by atoms with van der Waals surface area (Å²) in [5.41, 5.74) is 4.65. The number of carbonyl (C=O) groups is 1. The molecule has 1 saturated carbocycles. The average molecular weight is 460 g/mol. The van der Waals surface area contributed by atoms with Gasteiger partial charge in [-0.3, -0.25) is 4.79 Å². The number of nitrogens with one attached hydrogen (secondary N) is 1. The van der Waals surface area contributed by atoms with Crippen LogP contribution in [0.4, 0.5) is 0 Å². The van der Waals surface area contributed by atoms with E-state index in [0.29, 0.717) is 11.8 Å². The van der Waals surface area contributed by atoms with Gasteiger partial charge in [0, 0.05) is 25.3 Å². The van der Waals surface area contributed by atoms with Gasteiger partial charge in [-0.2, -0.15) is 0 Å². The Morgan fingerprint density at radius 1 is 1.12 bits per heavy atom. The summed E-state index contributed by atoms with van der Waals surface area (Å²) in [6.07, 6.45) is 6.15. The maximum atomic E-state index is 12.8. The van der Waals surface area contributed by atoms with Crippen molar-refractivity contribution in [2.24, 2.45) is 5.92 Å². The first-order valence-corrected chi connectivity index (χ1v) is 12.9. The molecule has 1 heterocycles. The molecule has 0 amide bonds. The number of hydrogen-bond acceptors (Lipinski definition) is 4. The number of aromatic nitrogens is 2. The third-order valence-corrected chi connectivity index (χ3v) is 7.93. The van der Waals surface area contributed by atoms with Crippen molar-refractivity contribution in [1.82, 2.24) is 14.9 Å². The van der Waals surface area contributed by atoms with Crippen molar-refractivity contribution < 1.29 is 9.53 Å². The van der Waals surface area contributed by atoms with Gasteiger partial charge in [0.2, 0.25) is 0 Å². The quantitative estimate of drug-likeness (QED) is 0.410. The zero-order chi connectivity index (χ0) is 23.7. The number of nitrogens with zero attached hydrogens (tertiary/aromatic N) is 2. The minimum atomic E-state index is -0.383. The van der Waals surface area contributed by atoms with E-state index in [2.05, 4.69) is 53.3 Å². The lowest BCUT2D eigenvalue weighted by atomic mass is 9.58. The summed E-state index contributed by atoms with van der Waals surface area (Å²) >= 11 is 0. The van der Waals surface area contributed by atoms with Gasteiger partial charge in [0.15, 0.2) is 0 Å². The minimum Gasteiger partial charge on any atom is -0.458 e. The van der Waals surface area contributed by atoms with Crippen LogP contribution in [0.25, 0.3) is 11.0 Å². The molecule has 34 heavy (non-hydrogen) atoms. The van der Waals surface area contributed by atoms with Gasteiger partial charge >= 0.3 is 5.97 Å². The summed E-state index contributed by atoms with van der Waals surface area (Å²) in [6.45, 7) is 5.80. The molecule has 0 unspecified atom stereocenters. The number of ether oxygens (including phenoxy) is 1. The largest absolute Gasteiger partial charge is 0.458 e. The van der Waals surface area contributed by atoms with E-state index < -0.39 is 0 Å². The van der Waals surface area contributed by atoms with Crippen LogP contribution >= 0.6 is 0 Å². The van der Waals surface area contributed by atoms with Gasteiger partial charge in [-0.15, -0.1) is 0 Å². The SMILES string of the molecule is CC(C)C(=O)O[C@]1(CCN(C)CCCc2nc3ccccc3[nH]2)C[C@H]2CC[C@@H]1c1ccccc12. The highest BCUT2D eigenvalue weighted by Gasteiger charge is 2.52. The predicted molar refractivity (Wildman–Crippen MR) is 136 cm³/mol. The van der Waals surface area contributed by atoms with Crippen LogP contribution in [-0.4, -0.2) is 46.6 Å². The minimum absolute atomic E-state index is 0.0578. The first kappa shape index (κ1) is 23.1. The molecule has 1 aromatic heterocycles. The lowest BCUT2D eigenvalue weighted by Gasteiger charge is -2.52. The van der Waals surface area contributed by atoms with Crippen LogP contribution in [0.15, 0.2) is 48.5 Å². The number of benzene rings is 2. The maximum absolute atomic E-state index is 12.8. The Bertz CT molecular complexity index is 1120. The highest BCUT2D eigenvalue weighted by atomic mass is 16.6. The summed E-state index contributed by atoms with van der Waals surface area (Å²) in [7, 11) is 2.19. The van der Waals surface area contributed by atoms with Gasteiger partial charge in [0.05, 0.1) is 17.0 Å². The Morgan fingerprint density at radius 2 is 1.88 bits per heavy atom. The van der Waals surface area contributed by atoms with Crippen molar-refractivity contribution in [2.75, 3.05) is 20.1 Å². The van der Waals surface area contributed by atoms with E-state index >= 15 is 0 Å². The lowest BCUT2D eigenvalue weighted by molar-refractivity contribution is -0.173. The molecular weight excluding hydrogens is 422 g/mol. The van der Waals surface area contributed by atoms with Crippen LogP contribution in [0, 0.1) is 5.92 Å². The summed E-state index contributed by atoms with van der Waals surface area (Å²) in [4.78, 5) is 23.3. The van der Waals surface area contributed by atoms with E-state index in [4.69, 9.17) is 9.72 Å². The van der Waals surface area contributed by atoms with Crippen molar-refractivity contribution in [3.8, 4) is 0 Å². The Balaban J connectivity index is 1.24. The molecule has 3 aliphatic carbocycles. The standard InChI is InChI=1S/C29H37N3O2/c1-20(2)28(33)34-29(19-21-14-15-24(29)23-10-5-4-9-22(21)23)16-18-32(3)17-8-13-27-30-25-11-6-7-12-26(25)31-27/h4-7,9-12,20-21,24H,8,13-19H2,1-3H3,(H,30,31)/t21-,24-,29-/m1/s1. The summed E-state index contributed by atoms with van der Waals surface area (Å²) < 4.78 is 6.41. The molecule has 2 aromatic carbocycles. The third kappa shape index (κ3) is 4.50. The summed E-state index contributed by atoms with van der Waals surface area (Å²) in [5.74, 6) is 1.70. The number of fused-ring (bicyclic) bond motifs is 3. The molecule has 5 heteroatoms. The first-order chi connectivity index (χ1) is 16.4. The molecule has 0 saturated heterocycles. The monoisotopic (exact) mass is 459 g/mol. The number of esters is 1. The molecule has 3 aliphatic rings. The van der Waals surface area contributed by atoms with Crippen LogP contribution in [0.5, 0.6) is 0 Å². The molecule has 0 aliphatic heterocycles. The van der Waals surface area contributed by atoms with Gasteiger partial charge in [-0.05, 0) is 68.5 Å². The molecule has 6 rings (SSSR count). The Morgan fingerprint density at radius 3 is 2.68 bits per heavy atom. The topological polar surface area (TPSA) is 58.2 Å². The zero-order valence-corrected chi connectivity index (χ0v) is 20.7. The fourth-order valence-electron chi connectivity index (χ4n) is 6.09. The molecule has 2 bridgehead atoms. The van der Waals surface area contributed by atoms with E-state index in [9.17, 15) is 4.79 Å². The zero-order valence-electron chi connectivity index (χ0n) is 20.7. The maximum Gasteiger partial charge on any atom is 0.308 e. The second-order valence-corrected chi connectivity index (χ2v) is 10.7. The number of carbonyl (C=O) groups excluding carboxylic acids is 1. The molecular formula is C29H37N3O2. The van der Waals surface area contributed by atoms with E-state index in [0.717, 1.165) is 62.1 Å². The number of aromatic amines is 1. The smallest absolute Gasteiger partial charge is 0.308 e. The van der Waals surface area contributed by atoms with Gasteiger partial charge in [-0.1, -0.05) is 50.2 Å². The normalized spacial score (nSPS) is 23.6. The Hall–Kier alpha value is -2.66. The highest BCUT2D eigenvalue weighted by molar-refractivity contribution is 5.74. The molecule has 5 nitrogen and oxygen atoms in total. The van der Waals surface area contributed by atoms with E-state index in [1.54, 1.807) is 0 Å². The van der Waals surface area contributed by atoms with Crippen LogP contribution in [0.1, 0.15) is 74.7 Å². The van der Waals surface area contributed by atoms with Crippen molar-refractivity contribution >= 4 is 17.0 Å². The average Bonchev–Trinajstić information content (AvgIpc) is 3.26. The van der Waals surface area contributed by atoms with Crippen molar-refractivity contribution in [3.63, 3.8) is 0 Å². The molecule has 0 radical (unpaired) electrons. The predicted octanol–water partition coefficient (Wildman–Crippen LogP) is 5.82. The number of H-pyrrole nitrogens is 1. The van der Waals surface area contributed by atoms with Gasteiger partial charge in [-0.25, -0.2) is 4.98 Å². The second-order valence-electron chi connectivity index (χ2n) is 10.7. The van der Waals surface area contributed by atoms with Crippen molar-refractivity contribution in [1.29, 1.82) is 0 Å². The van der Waals surface area contributed by atoms with E-state index in [-0.39, 0.29) is 17.5 Å². The van der Waals surface area contributed by atoms with Gasteiger partial charge < -0.3 is 14.6 Å². The lowest BCUT2D eigenvalue weighted by Crippen LogP contribution is -2.51. The summed E-state index contributed by atoms with van der Waals surface area (Å²) in [6, 6.07) is 17.0. The summed E-state index contributed by atoms with van der Waals surface area (Å²) in [5, 5.41) is 0. The molecule has 3 aromatic rings. The van der Waals surface area contributed by atoms with Crippen LogP contribution in [-0.2, 0) is 16.0 Å². The second kappa shape index (κ2) is 9.53. The number of rotatable bonds is 9. The van der Waals surface area contributed by atoms with Crippen LogP contribution < -0.4 is 0 Å². The van der Waals surface area contributed by atoms with Crippen molar-refractivity contribution in [3.05, 3.63) is 65.5 Å². The Labute approximate surface area is 202 Å². The fraction of sp³-hybridized carbons (Fsp3) is 0.517. The van der Waals surface area contributed by atoms with Gasteiger partial charge in [0.25, 0.3) is 0 Å². The Kier molecular flexibility index (Phi) is 6.48. The van der Waals surface area contributed by atoms with Crippen LogP contribution in [0.2, 0.25) is 0 Å². The number of para-hydroxylation sites is 2. The van der Waals surface area contributed by atoms with Gasteiger partial charge in [0.1, 0.15) is 11.4 Å². The number of hydrogen-bond donors (Lipinski definition) is 1. The molecule has 0 spiro atoms. The molecule has 1 N–H and O–H groups in total.